The molecule has 0 radical (unpaired) electrons. The van der Waals surface area contributed by atoms with Crippen molar-refractivity contribution in [2.24, 2.45) is 5.41 Å². The first-order chi connectivity index (χ1) is 7.54. The van der Waals surface area contributed by atoms with E-state index in [1.165, 1.54) is 12.1 Å². The van der Waals surface area contributed by atoms with Crippen molar-refractivity contribution in [1.29, 1.82) is 0 Å². The molecule has 1 aromatic carbocycles. The number of rotatable bonds is 4. The highest BCUT2D eigenvalue weighted by Gasteiger charge is 2.48. The fourth-order valence-electron chi connectivity index (χ4n) is 1.72. The average Bonchev–Trinajstić information content (AvgIpc) is 3.02. The van der Waals surface area contributed by atoms with Crippen LogP contribution in [0.1, 0.15) is 12.8 Å². The molecular weight excluding hydrogens is 205 g/mol. The molecular formula is C13H14FNO. The predicted octanol–water partition coefficient (Wildman–Crippen LogP) is 3.60. The van der Waals surface area contributed by atoms with Crippen LogP contribution in [0.15, 0.2) is 48.9 Å². The van der Waals surface area contributed by atoms with E-state index in [1.54, 1.807) is 12.1 Å². The molecule has 2 rings (SSSR count). The van der Waals surface area contributed by atoms with Gasteiger partial charge < -0.3 is 10.4 Å². The third-order valence-corrected chi connectivity index (χ3v) is 3.02. The van der Waals surface area contributed by atoms with Crippen molar-refractivity contribution in [2.45, 2.75) is 12.8 Å². The molecule has 2 N–H and O–H groups in total. The molecule has 0 heterocycles. The molecule has 0 aliphatic heterocycles. The molecule has 1 saturated carbocycles. The first-order valence-corrected chi connectivity index (χ1v) is 5.15. The highest BCUT2D eigenvalue weighted by molar-refractivity contribution is 5.51. The normalized spacial score (nSPS) is 16.6. The van der Waals surface area contributed by atoms with Gasteiger partial charge >= 0.3 is 0 Å². The number of anilines is 1. The first kappa shape index (κ1) is 10.7. The Balaban J connectivity index is 2.08. The van der Waals surface area contributed by atoms with Crippen molar-refractivity contribution in [2.75, 3.05) is 5.32 Å². The second-order valence-corrected chi connectivity index (χ2v) is 4.14. The van der Waals surface area contributed by atoms with Gasteiger partial charge in [0.1, 0.15) is 5.82 Å². The van der Waals surface area contributed by atoms with Crippen LogP contribution in [0.5, 0.6) is 0 Å². The van der Waals surface area contributed by atoms with E-state index >= 15 is 0 Å². The molecule has 2 nitrogen and oxygen atoms in total. The number of aliphatic hydroxyl groups excluding tert-OH is 1. The lowest BCUT2D eigenvalue weighted by atomic mass is 10.0. The Kier molecular flexibility index (Phi) is 2.46. The van der Waals surface area contributed by atoms with Crippen molar-refractivity contribution in [3.8, 4) is 0 Å². The fraction of sp³-hybridized carbons (Fsp3) is 0.231. The lowest BCUT2D eigenvalue weighted by molar-refractivity contribution is 0.343. The van der Waals surface area contributed by atoms with E-state index in [-0.39, 0.29) is 17.0 Å². The molecule has 1 fully saturated rings. The molecule has 0 bridgehead atoms. The molecule has 1 aromatic rings. The van der Waals surface area contributed by atoms with E-state index in [2.05, 4.69) is 18.5 Å². The lowest BCUT2D eigenvalue weighted by Gasteiger charge is -2.18. The van der Waals surface area contributed by atoms with Crippen LogP contribution in [0.2, 0.25) is 0 Å². The van der Waals surface area contributed by atoms with E-state index in [4.69, 9.17) is 0 Å². The molecule has 0 unspecified atom stereocenters. The highest BCUT2D eigenvalue weighted by atomic mass is 19.1. The van der Waals surface area contributed by atoms with Gasteiger partial charge in [-0.2, -0.15) is 0 Å². The molecule has 0 spiro atoms. The van der Waals surface area contributed by atoms with Gasteiger partial charge in [-0.1, -0.05) is 13.2 Å². The summed E-state index contributed by atoms with van der Waals surface area (Å²) in [6.07, 6.45) is 1.71. The topological polar surface area (TPSA) is 32.3 Å². The van der Waals surface area contributed by atoms with E-state index in [0.717, 1.165) is 18.5 Å². The van der Waals surface area contributed by atoms with Crippen LogP contribution in [0.4, 0.5) is 10.1 Å². The van der Waals surface area contributed by atoms with Crippen molar-refractivity contribution in [3.63, 3.8) is 0 Å². The number of hydrogen-bond acceptors (Lipinski definition) is 2. The summed E-state index contributed by atoms with van der Waals surface area (Å²) < 4.78 is 12.7. The minimum absolute atomic E-state index is 0.145. The van der Waals surface area contributed by atoms with Crippen LogP contribution in [-0.2, 0) is 0 Å². The van der Waals surface area contributed by atoms with Crippen LogP contribution in [0.25, 0.3) is 0 Å². The smallest absolute Gasteiger partial charge is 0.123 e. The zero-order valence-corrected chi connectivity index (χ0v) is 8.96. The molecule has 0 aromatic heterocycles. The number of halogens is 1. The minimum Gasteiger partial charge on any atom is -0.512 e. The summed E-state index contributed by atoms with van der Waals surface area (Å²) in [5.41, 5.74) is 1.10. The SMILES string of the molecule is C=C(O)C1(C(=C)Nc2ccc(F)cc2)CC1. The van der Waals surface area contributed by atoms with E-state index in [1.807, 2.05) is 0 Å². The van der Waals surface area contributed by atoms with Gasteiger partial charge in [-0.15, -0.1) is 0 Å². The fourth-order valence-corrected chi connectivity index (χ4v) is 1.72. The predicted molar refractivity (Wildman–Crippen MR) is 62.6 cm³/mol. The quantitative estimate of drug-likeness (QED) is 0.758. The van der Waals surface area contributed by atoms with E-state index < -0.39 is 0 Å². The summed E-state index contributed by atoms with van der Waals surface area (Å²) in [6, 6.07) is 6.03. The maximum absolute atomic E-state index is 12.7. The van der Waals surface area contributed by atoms with Crippen LogP contribution in [-0.4, -0.2) is 5.11 Å². The standard InChI is InChI=1S/C13H14FNO/c1-9(13(7-8-13)10(2)16)15-12-5-3-11(14)4-6-12/h3-6,15-16H,1-2,7-8H2. The van der Waals surface area contributed by atoms with Crippen LogP contribution < -0.4 is 5.32 Å². The van der Waals surface area contributed by atoms with Gasteiger partial charge in [-0.05, 0) is 37.1 Å². The van der Waals surface area contributed by atoms with Gasteiger partial charge in [0.15, 0.2) is 0 Å². The Bertz CT molecular complexity index is 432. The third kappa shape index (κ3) is 1.81. The maximum atomic E-state index is 12.7. The van der Waals surface area contributed by atoms with Crippen LogP contribution >= 0.6 is 0 Å². The molecule has 0 atom stereocenters. The third-order valence-electron chi connectivity index (χ3n) is 3.02. The number of benzene rings is 1. The van der Waals surface area contributed by atoms with Crippen molar-refractivity contribution in [1.82, 2.24) is 0 Å². The Morgan fingerprint density at radius 1 is 1.25 bits per heavy atom. The molecule has 0 saturated heterocycles. The summed E-state index contributed by atoms with van der Waals surface area (Å²) in [4.78, 5) is 0. The number of nitrogens with one attached hydrogen (secondary N) is 1. The molecule has 1 aliphatic carbocycles. The van der Waals surface area contributed by atoms with Crippen molar-refractivity contribution in [3.05, 3.63) is 54.7 Å². The van der Waals surface area contributed by atoms with Gasteiger partial charge in [-0.3, -0.25) is 0 Å². The van der Waals surface area contributed by atoms with Gasteiger partial charge in [0.25, 0.3) is 0 Å². The zero-order valence-electron chi connectivity index (χ0n) is 8.96. The van der Waals surface area contributed by atoms with Gasteiger partial charge in [-0.25, -0.2) is 4.39 Å². The van der Waals surface area contributed by atoms with Gasteiger partial charge in [0, 0.05) is 11.4 Å². The Morgan fingerprint density at radius 2 is 1.81 bits per heavy atom. The van der Waals surface area contributed by atoms with Gasteiger partial charge in [0.2, 0.25) is 0 Å². The molecule has 0 amide bonds. The second-order valence-electron chi connectivity index (χ2n) is 4.14. The van der Waals surface area contributed by atoms with Crippen molar-refractivity contribution >= 4 is 5.69 Å². The highest BCUT2D eigenvalue weighted by Crippen LogP contribution is 2.55. The summed E-state index contributed by atoms with van der Waals surface area (Å²) in [7, 11) is 0. The second kappa shape index (κ2) is 3.67. The van der Waals surface area contributed by atoms with E-state index in [0.29, 0.717) is 5.70 Å². The monoisotopic (exact) mass is 219 g/mol. The van der Waals surface area contributed by atoms with Crippen molar-refractivity contribution < 1.29 is 9.50 Å². The Labute approximate surface area is 94.1 Å². The zero-order chi connectivity index (χ0) is 11.8. The van der Waals surface area contributed by atoms with Crippen LogP contribution in [0.3, 0.4) is 0 Å². The molecule has 1 aliphatic rings. The Morgan fingerprint density at radius 3 is 2.25 bits per heavy atom. The molecule has 16 heavy (non-hydrogen) atoms. The van der Waals surface area contributed by atoms with Gasteiger partial charge in [0.05, 0.1) is 11.2 Å². The Hall–Kier alpha value is -1.77. The van der Waals surface area contributed by atoms with Crippen LogP contribution in [0, 0.1) is 11.2 Å². The lowest BCUT2D eigenvalue weighted by Crippen LogP contribution is -2.13. The summed E-state index contributed by atoms with van der Waals surface area (Å²) in [5.74, 6) is -0.129. The maximum Gasteiger partial charge on any atom is 0.123 e. The minimum atomic E-state index is -0.381. The summed E-state index contributed by atoms with van der Waals surface area (Å²) in [6.45, 7) is 7.46. The average molecular weight is 219 g/mol. The summed E-state index contributed by atoms with van der Waals surface area (Å²) in [5, 5.41) is 12.6. The molecule has 3 heteroatoms. The van der Waals surface area contributed by atoms with E-state index in [9.17, 15) is 9.50 Å². The molecule has 84 valence electrons. The first-order valence-electron chi connectivity index (χ1n) is 5.15. The number of aliphatic hydroxyl groups is 1. The number of hydrogen-bond donors (Lipinski definition) is 2. The largest absolute Gasteiger partial charge is 0.512 e. The summed E-state index contributed by atoms with van der Waals surface area (Å²) >= 11 is 0.